The highest BCUT2D eigenvalue weighted by atomic mass is 35.5. The van der Waals surface area contributed by atoms with E-state index in [-0.39, 0.29) is 24.6 Å². The third kappa shape index (κ3) is 7.44. The summed E-state index contributed by atoms with van der Waals surface area (Å²) in [5.74, 6) is -1.33. The van der Waals surface area contributed by atoms with Crippen molar-refractivity contribution in [2.75, 3.05) is 38.2 Å². The lowest BCUT2D eigenvalue weighted by molar-refractivity contribution is -0.135. The number of hydrogen-bond acceptors (Lipinski definition) is 9. The van der Waals surface area contributed by atoms with Crippen LogP contribution in [0.4, 0.5) is 10.1 Å². The molecule has 2 amide bonds. The van der Waals surface area contributed by atoms with Crippen LogP contribution in [0.2, 0.25) is 5.02 Å². The number of nitrogens with one attached hydrogen (secondary N) is 1. The van der Waals surface area contributed by atoms with Crippen LogP contribution < -0.4 is 14.4 Å². The van der Waals surface area contributed by atoms with E-state index in [1.807, 2.05) is 17.0 Å². The molecule has 1 fully saturated rings. The van der Waals surface area contributed by atoms with E-state index in [2.05, 4.69) is 20.7 Å². The topological polar surface area (TPSA) is 125 Å². The van der Waals surface area contributed by atoms with Gasteiger partial charge < -0.3 is 19.0 Å². The first-order chi connectivity index (χ1) is 25.2. The number of benzene rings is 2. The second-order valence-corrected chi connectivity index (χ2v) is 17.7. The second-order valence-electron chi connectivity index (χ2n) is 15.3. The summed E-state index contributed by atoms with van der Waals surface area (Å²) < 4.78 is 58.0. The highest BCUT2D eigenvalue weighted by molar-refractivity contribution is 7.90. The van der Waals surface area contributed by atoms with Gasteiger partial charge in [-0.2, -0.15) is 0 Å². The molecule has 4 aliphatic rings. The number of likely N-dealkylation sites (N-methyl/N-ethyl adjacent to an activating group) is 1. The Bertz CT molecular complexity index is 2040. The van der Waals surface area contributed by atoms with Crippen LogP contribution in [0, 0.1) is 12.8 Å². The molecule has 14 heteroatoms. The maximum absolute atomic E-state index is 16.8. The minimum atomic E-state index is -4.15. The molecule has 284 valence electrons. The van der Waals surface area contributed by atoms with Gasteiger partial charge in [0.1, 0.15) is 23.9 Å². The maximum atomic E-state index is 16.8. The third-order valence-corrected chi connectivity index (χ3v) is 13.8. The van der Waals surface area contributed by atoms with Gasteiger partial charge in [0.2, 0.25) is 15.9 Å². The van der Waals surface area contributed by atoms with Gasteiger partial charge in [0.15, 0.2) is 5.89 Å². The molecule has 2 aromatic carbocycles. The Morgan fingerprint density at radius 3 is 2.77 bits per heavy atom. The minimum absolute atomic E-state index is 0.0465. The van der Waals surface area contributed by atoms with Crippen LogP contribution in [0.1, 0.15) is 79.0 Å². The van der Waals surface area contributed by atoms with Gasteiger partial charge in [0.05, 0.1) is 29.8 Å². The molecule has 1 aliphatic carbocycles. The van der Waals surface area contributed by atoms with Gasteiger partial charge in [0, 0.05) is 49.1 Å². The molecule has 1 aromatic heterocycles. The monoisotopic (exact) mass is 767 g/mol. The number of carbonyl (C=O) groups excluding carboxylic acids is 2. The summed E-state index contributed by atoms with van der Waals surface area (Å²) in [6.07, 6.45) is 7.04. The highest BCUT2D eigenvalue weighted by Gasteiger charge is 2.45. The van der Waals surface area contributed by atoms with Crippen LogP contribution in [0.15, 0.2) is 59.0 Å². The number of amides is 2. The van der Waals surface area contributed by atoms with Crippen molar-refractivity contribution in [3.05, 3.63) is 87.9 Å². The SMILES string of the molecule is Cc1nc(CN(C)C(=O)[C@H]2/C(F)=C/C[C@H](C)[C@@H](C)S(=O)(=O)NC(=O)c3ccc4c(c3)N(C[C@@H]3CCCN32)C[C@@]2(CCCc3cc(Cl)ccc32)CO4)co1. The molecule has 3 aliphatic heterocycles. The van der Waals surface area contributed by atoms with E-state index in [0.717, 1.165) is 37.7 Å². The molecule has 11 nitrogen and oxygen atoms in total. The van der Waals surface area contributed by atoms with E-state index in [9.17, 15) is 18.0 Å². The molecule has 4 heterocycles. The van der Waals surface area contributed by atoms with Crippen LogP contribution in [0.25, 0.3) is 0 Å². The summed E-state index contributed by atoms with van der Waals surface area (Å²) in [7, 11) is -2.52. The summed E-state index contributed by atoms with van der Waals surface area (Å²) in [5.41, 5.74) is 3.30. The van der Waals surface area contributed by atoms with Crippen LogP contribution >= 0.6 is 11.6 Å². The zero-order valence-electron chi connectivity index (χ0n) is 30.6. The van der Waals surface area contributed by atoms with E-state index in [0.29, 0.717) is 54.3 Å². The standard InChI is InChI=1S/C39H47ClFN5O6S/c1-24-9-13-33(41)36(38(48)44(4)19-30-21-51-26(3)42-30)46-16-6-8-31(46)20-45-22-39(15-5-7-27-17-29(40)11-12-32(27)39)23-52-35-14-10-28(18-34(35)45)37(47)43-53(49,50)25(24)2/h10-14,17-18,21,24-25,31,36H,5-9,15-16,19-20,22-23H2,1-4H3,(H,43,47)/b33-13-/t24-,25+,31-,36+,39-/m0/s1. The smallest absolute Gasteiger partial charge is 0.264 e. The number of ether oxygens (including phenoxy) is 1. The Morgan fingerprint density at radius 2 is 2.00 bits per heavy atom. The number of hydrogen-bond donors (Lipinski definition) is 1. The Hall–Kier alpha value is -3.94. The molecule has 0 unspecified atom stereocenters. The van der Waals surface area contributed by atoms with Gasteiger partial charge >= 0.3 is 0 Å². The zero-order valence-corrected chi connectivity index (χ0v) is 32.2. The number of aryl methyl sites for hydroxylation is 2. The van der Waals surface area contributed by atoms with E-state index >= 15 is 4.39 Å². The van der Waals surface area contributed by atoms with Crippen molar-refractivity contribution in [3.63, 3.8) is 0 Å². The minimum Gasteiger partial charge on any atom is -0.490 e. The first-order valence-electron chi connectivity index (χ1n) is 18.4. The molecule has 1 saturated heterocycles. The van der Waals surface area contributed by atoms with Crippen LogP contribution in [0.5, 0.6) is 5.75 Å². The number of rotatable bonds is 3. The lowest BCUT2D eigenvalue weighted by Crippen LogP contribution is -2.54. The first-order valence-corrected chi connectivity index (χ1v) is 20.3. The van der Waals surface area contributed by atoms with Gasteiger partial charge in [-0.1, -0.05) is 30.7 Å². The molecule has 7 rings (SSSR count). The van der Waals surface area contributed by atoms with Gasteiger partial charge in [-0.3, -0.25) is 14.5 Å². The number of allylic oxidation sites excluding steroid dienone is 1. The van der Waals surface area contributed by atoms with Crippen molar-refractivity contribution < 1.29 is 31.6 Å². The van der Waals surface area contributed by atoms with Gasteiger partial charge in [0.25, 0.3) is 5.91 Å². The number of fused-ring (bicyclic) bond motifs is 4. The fourth-order valence-corrected chi connectivity index (χ4v) is 10.0. The molecule has 1 N–H and O–H groups in total. The number of aromatic nitrogens is 1. The molecule has 0 radical (unpaired) electrons. The van der Waals surface area contributed by atoms with Gasteiger partial charge in [-0.05, 0) is 99.4 Å². The zero-order chi connectivity index (χ0) is 37.7. The Kier molecular flexibility index (Phi) is 10.4. The highest BCUT2D eigenvalue weighted by Crippen LogP contribution is 2.45. The second kappa shape index (κ2) is 14.7. The summed E-state index contributed by atoms with van der Waals surface area (Å²) >= 11 is 6.45. The Balaban J connectivity index is 1.32. The average Bonchev–Trinajstić information content (AvgIpc) is 3.72. The number of anilines is 1. The quantitative estimate of drug-likeness (QED) is 0.345. The fraction of sp³-hybridized carbons (Fsp3) is 0.513. The van der Waals surface area contributed by atoms with Crippen molar-refractivity contribution in [1.82, 2.24) is 19.5 Å². The van der Waals surface area contributed by atoms with Crippen molar-refractivity contribution in [1.29, 1.82) is 0 Å². The van der Waals surface area contributed by atoms with E-state index in [1.54, 1.807) is 39.1 Å². The lowest BCUT2D eigenvalue weighted by atomic mass is 9.70. The van der Waals surface area contributed by atoms with Crippen molar-refractivity contribution in [2.24, 2.45) is 5.92 Å². The number of oxazole rings is 1. The largest absolute Gasteiger partial charge is 0.490 e. The van der Waals surface area contributed by atoms with E-state index in [4.69, 9.17) is 20.8 Å². The van der Waals surface area contributed by atoms with E-state index < -0.39 is 50.3 Å². The number of halogens is 2. The molecule has 2 bridgehead atoms. The summed E-state index contributed by atoms with van der Waals surface area (Å²) in [5, 5.41) is -0.357. The molecule has 1 spiro atoms. The van der Waals surface area contributed by atoms with Gasteiger partial charge in [-0.25, -0.2) is 22.5 Å². The number of sulfonamides is 1. The first kappa shape index (κ1) is 37.4. The Labute approximate surface area is 315 Å². The summed E-state index contributed by atoms with van der Waals surface area (Å²) in [6.45, 7) is 6.88. The molecule has 0 saturated carbocycles. The summed E-state index contributed by atoms with van der Waals surface area (Å²) in [4.78, 5) is 37.9. The van der Waals surface area contributed by atoms with Crippen LogP contribution in [0.3, 0.4) is 0 Å². The Morgan fingerprint density at radius 1 is 1.19 bits per heavy atom. The molecule has 3 aromatic rings. The number of nitrogens with zero attached hydrogens (tertiary/aromatic N) is 4. The maximum Gasteiger partial charge on any atom is 0.264 e. The van der Waals surface area contributed by atoms with Crippen molar-refractivity contribution in [3.8, 4) is 5.75 Å². The predicted octanol–water partition coefficient (Wildman–Crippen LogP) is 5.94. The molecule has 53 heavy (non-hydrogen) atoms. The summed E-state index contributed by atoms with van der Waals surface area (Å²) in [6, 6.07) is 9.57. The molecule has 5 atom stereocenters. The molecular weight excluding hydrogens is 721 g/mol. The predicted molar refractivity (Wildman–Crippen MR) is 200 cm³/mol. The number of carbonyl (C=O) groups is 2. The van der Waals surface area contributed by atoms with Gasteiger partial charge in [-0.15, -0.1) is 0 Å². The molecular formula is C39H47ClFN5O6S. The van der Waals surface area contributed by atoms with Crippen LogP contribution in [-0.4, -0.2) is 85.6 Å². The lowest BCUT2D eigenvalue weighted by Gasteiger charge is -2.42. The normalized spacial score (nSPS) is 28.5. The van der Waals surface area contributed by atoms with E-state index in [1.165, 1.54) is 29.7 Å². The van der Waals surface area contributed by atoms with Crippen molar-refractivity contribution >= 4 is 39.1 Å². The third-order valence-electron chi connectivity index (χ3n) is 11.6. The average molecular weight is 768 g/mol. The fourth-order valence-electron chi connectivity index (χ4n) is 8.52. The van der Waals surface area contributed by atoms with Crippen molar-refractivity contribution in [2.45, 2.75) is 88.6 Å². The van der Waals surface area contributed by atoms with Crippen LogP contribution in [-0.2, 0) is 33.2 Å².